The standard InChI is InChI=1S/C56H38N2O/c1-2-14-42(15-3-1)57(43-29-26-37(27-30-43)39-28-32-47-41(34-39)25-24-38-12-4-5-17-46(38)47)44-16-10-13-40(35-44)48-20-11-22-53-56(48)51-19-6-8-21-52(51)58(53)45-31-33-50-49-18-7-9-23-54(49)59-55(50)36-45/h1-19,21-36,48H,20H2. The van der Waals surface area contributed by atoms with Crippen molar-refractivity contribution < 1.29 is 4.42 Å². The molecular formula is C56H38N2O. The van der Waals surface area contributed by atoms with E-state index in [9.17, 15) is 0 Å². The van der Waals surface area contributed by atoms with Crippen LogP contribution in [-0.4, -0.2) is 4.57 Å². The second kappa shape index (κ2) is 13.5. The average Bonchev–Trinajstić information content (AvgIpc) is 3.85. The van der Waals surface area contributed by atoms with E-state index in [1.165, 1.54) is 60.4 Å². The smallest absolute Gasteiger partial charge is 0.137 e. The first-order valence-electron chi connectivity index (χ1n) is 20.4. The molecule has 9 aromatic carbocycles. The third-order valence-corrected chi connectivity index (χ3v) is 12.3. The predicted octanol–water partition coefficient (Wildman–Crippen LogP) is 15.5. The van der Waals surface area contributed by atoms with E-state index in [1.807, 2.05) is 12.1 Å². The first kappa shape index (κ1) is 33.5. The molecule has 0 amide bonds. The molecule has 11 aromatic rings. The molecule has 0 fully saturated rings. The molecule has 0 N–H and O–H groups in total. The fourth-order valence-electron chi connectivity index (χ4n) is 9.58. The average molecular weight is 755 g/mol. The van der Waals surface area contributed by atoms with Crippen LogP contribution in [0, 0.1) is 0 Å². The Hall–Kier alpha value is -7.62. The lowest BCUT2D eigenvalue weighted by Crippen LogP contribution is -2.12. The number of nitrogens with zero attached hydrogens (tertiary/aromatic N) is 2. The lowest BCUT2D eigenvalue weighted by atomic mass is 9.83. The van der Waals surface area contributed by atoms with Crippen LogP contribution in [0.1, 0.15) is 29.2 Å². The van der Waals surface area contributed by atoms with Gasteiger partial charge in [-0.2, -0.15) is 0 Å². The molecule has 0 saturated heterocycles. The lowest BCUT2D eigenvalue weighted by molar-refractivity contribution is 0.668. The third kappa shape index (κ3) is 5.50. The van der Waals surface area contributed by atoms with Crippen molar-refractivity contribution in [1.29, 1.82) is 0 Å². The molecule has 1 aliphatic carbocycles. The predicted molar refractivity (Wildman–Crippen MR) is 248 cm³/mol. The molecule has 2 aromatic heterocycles. The Labute approximate surface area is 342 Å². The van der Waals surface area contributed by atoms with Crippen LogP contribution in [0.3, 0.4) is 0 Å². The summed E-state index contributed by atoms with van der Waals surface area (Å²) in [6.45, 7) is 0. The van der Waals surface area contributed by atoms with Crippen LogP contribution >= 0.6 is 0 Å². The van der Waals surface area contributed by atoms with Crippen LogP contribution in [0.2, 0.25) is 0 Å². The van der Waals surface area contributed by atoms with Gasteiger partial charge in [0.25, 0.3) is 0 Å². The highest BCUT2D eigenvalue weighted by molar-refractivity contribution is 6.08. The summed E-state index contributed by atoms with van der Waals surface area (Å²) in [6, 6.07) is 72.6. The first-order chi connectivity index (χ1) is 29.2. The Morgan fingerprint density at radius 2 is 1.14 bits per heavy atom. The topological polar surface area (TPSA) is 21.3 Å². The van der Waals surface area contributed by atoms with E-state index in [1.54, 1.807) is 0 Å². The fraction of sp³-hybridized carbons (Fsp3) is 0.0357. The monoisotopic (exact) mass is 754 g/mol. The van der Waals surface area contributed by atoms with Crippen molar-refractivity contribution in [2.75, 3.05) is 4.90 Å². The molecule has 3 nitrogen and oxygen atoms in total. The molecular weight excluding hydrogens is 717 g/mol. The Kier molecular flexibility index (Phi) is 7.67. The summed E-state index contributed by atoms with van der Waals surface area (Å²) in [4.78, 5) is 2.38. The van der Waals surface area contributed by atoms with Crippen LogP contribution in [0.4, 0.5) is 17.1 Å². The van der Waals surface area contributed by atoms with Gasteiger partial charge in [0, 0.05) is 50.9 Å². The van der Waals surface area contributed by atoms with Crippen LogP contribution < -0.4 is 4.90 Å². The van der Waals surface area contributed by atoms with Crippen molar-refractivity contribution in [2.24, 2.45) is 0 Å². The summed E-state index contributed by atoms with van der Waals surface area (Å²) in [5.74, 6) is 0.182. The number of benzene rings is 9. The van der Waals surface area contributed by atoms with Gasteiger partial charge in [0.15, 0.2) is 0 Å². The van der Waals surface area contributed by atoms with Gasteiger partial charge in [-0.25, -0.2) is 0 Å². The number of rotatable bonds is 6. The van der Waals surface area contributed by atoms with Gasteiger partial charge in [0.2, 0.25) is 0 Å². The Balaban J connectivity index is 0.933. The van der Waals surface area contributed by atoms with Gasteiger partial charge >= 0.3 is 0 Å². The first-order valence-corrected chi connectivity index (χ1v) is 20.4. The minimum Gasteiger partial charge on any atom is -0.456 e. The van der Waals surface area contributed by atoms with Crippen molar-refractivity contribution >= 4 is 77.5 Å². The quantitative estimate of drug-likeness (QED) is 0.158. The third-order valence-electron chi connectivity index (χ3n) is 12.3. The summed E-state index contributed by atoms with van der Waals surface area (Å²) >= 11 is 0. The molecule has 1 atom stereocenters. The van der Waals surface area contributed by atoms with Crippen molar-refractivity contribution in [2.45, 2.75) is 12.3 Å². The van der Waals surface area contributed by atoms with Gasteiger partial charge in [-0.05, 0) is 123 Å². The summed E-state index contributed by atoms with van der Waals surface area (Å²) in [5.41, 5.74) is 13.8. The van der Waals surface area contributed by atoms with E-state index in [0.29, 0.717) is 0 Å². The molecule has 2 heterocycles. The molecule has 1 unspecified atom stereocenters. The zero-order valence-electron chi connectivity index (χ0n) is 32.3. The zero-order chi connectivity index (χ0) is 38.9. The number of hydrogen-bond acceptors (Lipinski definition) is 2. The van der Waals surface area contributed by atoms with Crippen LogP contribution in [0.15, 0.2) is 211 Å². The summed E-state index contributed by atoms with van der Waals surface area (Å²) in [6.07, 6.45) is 5.58. The van der Waals surface area contributed by atoms with Crippen molar-refractivity contribution in [3.63, 3.8) is 0 Å². The number of allylic oxidation sites excluding steroid dienone is 1. The minimum absolute atomic E-state index is 0.182. The minimum atomic E-state index is 0.182. The van der Waals surface area contributed by atoms with E-state index in [4.69, 9.17) is 4.42 Å². The van der Waals surface area contributed by atoms with Crippen molar-refractivity contribution in [1.82, 2.24) is 4.57 Å². The molecule has 0 aliphatic heterocycles. The van der Waals surface area contributed by atoms with Crippen LogP contribution in [-0.2, 0) is 0 Å². The zero-order valence-corrected chi connectivity index (χ0v) is 32.3. The Morgan fingerprint density at radius 3 is 2.03 bits per heavy atom. The van der Waals surface area contributed by atoms with Crippen molar-refractivity contribution in [3.8, 4) is 16.8 Å². The number of anilines is 3. The molecule has 59 heavy (non-hydrogen) atoms. The number of para-hydroxylation sites is 3. The summed E-state index contributed by atoms with van der Waals surface area (Å²) in [7, 11) is 0. The largest absolute Gasteiger partial charge is 0.456 e. The number of fused-ring (bicyclic) bond motifs is 9. The van der Waals surface area contributed by atoms with Gasteiger partial charge in [0.1, 0.15) is 11.2 Å². The van der Waals surface area contributed by atoms with Crippen molar-refractivity contribution in [3.05, 3.63) is 223 Å². The number of hydrogen-bond donors (Lipinski definition) is 0. The van der Waals surface area contributed by atoms with E-state index >= 15 is 0 Å². The van der Waals surface area contributed by atoms with E-state index in [2.05, 4.69) is 210 Å². The molecule has 0 saturated carbocycles. The van der Waals surface area contributed by atoms with E-state index < -0.39 is 0 Å². The van der Waals surface area contributed by atoms with Gasteiger partial charge in [-0.15, -0.1) is 0 Å². The normalized spacial score (nSPS) is 13.8. The second-order valence-corrected chi connectivity index (χ2v) is 15.7. The highest BCUT2D eigenvalue weighted by atomic mass is 16.3. The number of aromatic nitrogens is 1. The highest BCUT2D eigenvalue weighted by Crippen LogP contribution is 2.45. The Morgan fingerprint density at radius 1 is 0.458 bits per heavy atom. The maximum Gasteiger partial charge on any atom is 0.137 e. The fourth-order valence-corrected chi connectivity index (χ4v) is 9.58. The summed E-state index contributed by atoms with van der Waals surface area (Å²) < 4.78 is 8.78. The molecule has 1 aliphatic rings. The molecule has 278 valence electrons. The van der Waals surface area contributed by atoms with E-state index in [0.717, 1.165) is 51.1 Å². The molecule has 0 radical (unpaired) electrons. The maximum atomic E-state index is 6.37. The lowest BCUT2D eigenvalue weighted by Gasteiger charge is -2.28. The second-order valence-electron chi connectivity index (χ2n) is 15.7. The SMILES string of the molecule is C1=Cc2c(c3ccccc3n2-c2ccc3c(c2)oc2ccccc23)C(c2cccc(N(c3ccccc3)c3ccc(-c4ccc5c(ccc6ccccc65)c4)cc3)c2)C1. The van der Waals surface area contributed by atoms with Crippen LogP contribution in [0.25, 0.3) is 77.3 Å². The van der Waals surface area contributed by atoms with Crippen LogP contribution in [0.5, 0.6) is 0 Å². The summed E-state index contributed by atoms with van der Waals surface area (Å²) in [5, 5.41) is 8.67. The Bertz CT molecular complexity index is 3420. The highest BCUT2D eigenvalue weighted by Gasteiger charge is 2.28. The van der Waals surface area contributed by atoms with Gasteiger partial charge in [-0.1, -0.05) is 133 Å². The molecule has 12 rings (SSSR count). The molecule has 0 bridgehead atoms. The van der Waals surface area contributed by atoms with Gasteiger partial charge in [-0.3, -0.25) is 0 Å². The molecule has 0 spiro atoms. The van der Waals surface area contributed by atoms with E-state index in [-0.39, 0.29) is 5.92 Å². The number of furan rings is 1. The van der Waals surface area contributed by atoms with Gasteiger partial charge < -0.3 is 13.9 Å². The van der Waals surface area contributed by atoms with Gasteiger partial charge in [0.05, 0.1) is 11.2 Å². The maximum absolute atomic E-state index is 6.37. The molecule has 3 heteroatoms.